The van der Waals surface area contributed by atoms with Gasteiger partial charge in [0.15, 0.2) is 0 Å². The fourth-order valence-electron chi connectivity index (χ4n) is 0.993. The van der Waals surface area contributed by atoms with Crippen molar-refractivity contribution in [2.45, 2.75) is 13.8 Å². The zero-order valence-electron chi connectivity index (χ0n) is 9.15. The van der Waals surface area contributed by atoms with Gasteiger partial charge in [0.2, 0.25) is 0 Å². The first-order valence-electron chi connectivity index (χ1n) is 4.73. The molecule has 0 fully saturated rings. The molecule has 0 aromatic heterocycles. The van der Waals surface area contributed by atoms with E-state index in [1.54, 1.807) is 6.92 Å². The molecule has 0 radical (unpaired) electrons. The van der Waals surface area contributed by atoms with Crippen molar-refractivity contribution in [1.82, 2.24) is 0 Å². The first kappa shape index (κ1) is 12.6. The predicted molar refractivity (Wildman–Crippen MR) is 65.7 cm³/mol. The average molecular weight is 279 g/mol. The normalized spacial score (nSPS) is 10.5. The number of carboxylic acids is 1. The van der Waals surface area contributed by atoms with E-state index in [-0.39, 0.29) is 15.0 Å². The summed E-state index contributed by atoms with van der Waals surface area (Å²) in [5.74, 6) is 1.89. The Hall–Kier alpha value is -1.49. The van der Waals surface area contributed by atoms with Crippen molar-refractivity contribution in [2.24, 2.45) is 0 Å². The van der Waals surface area contributed by atoms with Crippen LogP contribution in [0.1, 0.15) is 12.5 Å². The van der Waals surface area contributed by atoms with Crippen LogP contribution in [0.2, 0.25) is 0 Å². The molecule has 2 nitrogen and oxygen atoms in total. The van der Waals surface area contributed by atoms with Crippen LogP contribution in [0.3, 0.4) is 0 Å². The first-order chi connectivity index (χ1) is 7.58. The Kier molecular flexibility index (Phi) is 4.85. The standard InChI is InChI=1S/C13H12O2Se/c1-10-3-5-12(6-4-10)16-8-7-11(2)9-13(14)15/h3-6,9H,1-2H3,(H,14,15)/b11-9+. The Morgan fingerprint density at radius 1 is 1.38 bits per heavy atom. The van der Waals surface area contributed by atoms with Crippen LogP contribution in [0.15, 0.2) is 35.9 Å². The molecular formula is C13H12O2Se. The van der Waals surface area contributed by atoms with E-state index in [9.17, 15) is 4.79 Å². The number of benzene rings is 1. The quantitative estimate of drug-likeness (QED) is 0.503. The van der Waals surface area contributed by atoms with Crippen molar-refractivity contribution in [2.75, 3.05) is 0 Å². The van der Waals surface area contributed by atoms with Crippen molar-refractivity contribution in [3.63, 3.8) is 0 Å². The molecule has 0 heterocycles. The SMILES string of the molecule is C/C(C#C[Se]c1ccc(C)cc1)=C\C(=O)O. The Balaban J connectivity index is 2.61. The number of aryl methyl sites for hydroxylation is 1. The molecule has 1 aromatic carbocycles. The van der Waals surface area contributed by atoms with Crippen molar-refractivity contribution >= 4 is 25.4 Å². The summed E-state index contributed by atoms with van der Waals surface area (Å²) in [6.07, 6.45) is 1.12. The average Bonchev–Trinajstić information content (AvgIpc) is 2.20. The molecule has 1 N–H and O–H groups in total. The van der Waals surface area contributed by atoms with Crippen LogP contribution in [-0.2, 0) is 4.79 Å². The number of carboxylic acid groups (broad SMARTS) is 1. The van der Waals surface area contributed by atoms with E-state index in [0.717, 1.165) is 6.08 Å². The molecule has 0 aliphatic heterocycles. The second kappa shape index (κ2) is 6.17. The maximum atomic E-state index is 10.3. The van der Waals surface area contributed by atoms with E-state index >= 15 is 0 Å². The molecule has 1 aromatic rings. The van der Waals surface area contributed by atoms with Gasteiger partial charge in [0.05, 0.1) is 0 Å². The van der Waals surface area contributed by atoms with Crippen LogP contribution in [0.4, 0.5) is 0 Å². The van der Waals surface area contributed by atoms with E-state index in [1.807, 2.05) is 6.92 Å². The molecule has 0 spiro atoms. The Labute approximate surface area is 102 Å². The monoisotopic (exact) mass is 280 g/mol. The summed E-state index contributed by atoms with van der Waals surface area (Å²) in [7, 11) is 0. The van der Waals surface area contributed by atoms with Crippen molar-refractivity contribution < 1.29 is 9.90 Å². The van der Waals surface area contributed by atoms with Gasteiger partial charge in [-0.1, -0.05) is 0 Å². The Morgan fingerprint density at radius 2 is 2.00 bits per heavy atom. The number of aliphatic carboxylic acids is 1. The van der Waals surface area contributed by atoms with Crippen molar-refractivity contribution in [1.29, 1.82) is 0 Å². The van der Waals surface area contributed by atoms with Gasteiger partial charge >= 0.3 is 101 Å². The fraction of sp³-hybridized carbons (Fsp3) is 0.154. The van der Waals surface area contributed by atoms with E-state index in [2.05, 4.69) is 35.0 Å². The zero-order valence-corrected chi connectivity index (χ0v) is 10.9. The first-order valence-corrected chi connectivity index (χ1v) is 6.45. The van der Waals surface area contributed by atoms with Crippen molar-refractivity contribution in [3.8, 4) is 10.7 Å². The van der Waals surface area contributed by atoms with Crippen LogP contribution >= 0.6 is 0 Å². The Bertz CT molecular complexity index is 461. The summed E-state index contributed by atoms with van der Waals surface area (Å²) in [5.41, 5.74) is 1.82. The second-order valence-electron chi connectivity index (χ2n) is 3.31. The third-order valence-electron chi connectivity index (χ3n) is 1.78. The topological polar surface area (TPSA) is 37.3 Å². The summed E-state index contributed by atoms with van der Waals surface area (Å²) >= 11 is 0.0846. The van der Waals surface area contributed by atoms with Gasteiger partial charge in [-0.2, -0.15) is 0 Å². The summed E-state index contributed by atoms with van der Waals surface area (Å²) in [5, 5.41) is 8.49. The van der Waals surface area contributed by atoms with E-state index in [0.29, 0.717) is 5.57 Å². The molecule has 0 amide bonds. The molecule has 0 saturated carbocycles. The number of hydrogen-bond acceptors (Lipinski definition) is 1. The third-order valence-corrected chi connectivity index (χ3v) is 3.27. The molecule has 0 bridgehead atoms. The van der Waals surface area contributed by atoms with Gasteiger partial charge in [0.25, 0.3) is 0 Å². The molecule has 1 rings (SSSR count). The van der Waals surface area contributed by atoms with Gasteiger partial charge in [-0.3, -0.25) is 0 Å². The minimum atomic E-state index is -0.949. The van der Waals surface area contributed by atoms with E-state index in [1.165, 1.54) is 10.0 Å². The third kappa shape index (κ3) is 4.84. The Morgan fingerprint density at radius 3 is 2.56 bits per heavy atom. The predicted octanol–water partition coefficient (Wildman–Crippen LogP) is 1.32. The van der Waals surface area contributed by atoms with Crippen LogP contribution in [0.5, 0.6) is 0 Å². The molecule has 82 valence electrons. The van der Waals surface area contributed by atoms with Crippen LogP contribution in [0, 0.1) is 17.7 Å². The van der Waals surface area contributed by atoms with Gasteiger partial charge in [-0.25, -0.2) is 0 Å². The molecule has 0 atom stereocenters. The molecule has 0 aliphatic carbocycles. The van der Waals surface area contributed by atoms with Crippen LogP contribution < -0.4 is 4.46 Å². The van der Waals surface area contributed by atoms with Gasteiger partial charge < -0.3 is 0 Å². The van der Waals surface area contributed by atoms with Gasteiger partial charge in [-0.05, 0) is 0 Å². The van der Waals surface area contributed by atoms with Gasteiger partial charge in [0.1, 0.15) is 0 Å². The van der Waals surface area contributed by atoms with Gasteiger partial charge in [0, 0.05) is 0 Å². The van der Waals surface area contributed by atoms with Crippen LogP contribution in [0.25, 0.3) is 0 Å². The second-order valence-corrected chi connectivity index (χ2v) is 5.15. The van der Waals surface area contributed by atoms with E-state index in [4.69, 9.17) is 5.11 Å². The van der Waals surface area contributed by atoms with E-state index < -0.39 is 5.97 Å². The summed E-state index contributed by atoms with van der Waals surface area (Å²) in [4.78, 5) is 13.3. The summed E-state index contributed by atoms with van der Waals surface area (Å²) in [6.45, 7) is 3.74. The summed E-state index contributed by atoms with van der Waals surface area (Å²) < 4.78 is 1.20. The molecule has 0 aliphatic rings. The number of carbonyl (C=O) groups is 1. The minimum absolute atomic E-state index is 0.0846. The molecule has 0 unspecified atom stereocenters. The zero-order chi connectivity index (χ0) is 12.0. The molecule has 3 heteroatoms. The molecular weight excluding hydrogens is 267 g/mol. The molecule has 16 heavy (non-hydrogen) atoms. The van der Waals surface area contributed by atoms with Crippen molar-refractivity contribution in [3.05, 3.63) is 41.5 Å². The summed E-state index contributed by atoms with van der Waals surface area (Å²) in [6, 6.07) is 8.22. The number of allylic oxidation sites excluding steroid dienone is 1. The fourth-order valence-corrected chi connectivity index (χ4v) is 2.26. The number of hydrogen-bond donors (Lipinski definition) is 1. The number of rotatable bonds is 2. The van der Waals surface area contributed by atoms with Gasteiger partial charge in [-0.15, -0.1) is 0 Å². The molecule has 0 saturated heterocycles. The van der Waals surface area contributed by atoms with Crippen LogP contribution in [-0.4, -0.2) is 26.0 Å². The maximum absolute atomic E-state index is 10.3.